The second kappa shape index (κ2) is 8.28. The van der Waals surface area contributed by atoms with Gasteiger partial charge in [-0.1, -0.05) is 42.5 Å². The fourth-order valence-electron chi connectivity index (χ4n) is 4.51. The van der Waals surface area contributed by atoms with E-state index >= 15 is 0 Å². The molecule has 152 valence electrons. The van der Waals surface area contributed by atoms with Crippen molar-refractivity contribution in [2.24, 2.45) is 5.92 Å². The fourth-order valence-corrected chi connectivity index (χ4v) is 4.51. The number of carbonyl (C=O) groups excluding carboxylic acids is 1. The van der Waals surface area contributed by atoms with Crippen LogP contribution in [0.3, 0.4) is 0 Å². The summed E-state index contributed by atoms with van der Waals surface area (Å²) in [4.78, 5) is 18.0. The van der Waals surface area contributed by atoms with E-state index in [4.69, 9.17) is 9.47 Å². The predicted octanol–water partition coefficient (Wildman–Crippen LogP) is 4.60. The van der Waals surface area contributed by atoms with Crippen molar-refractivity contribution in [3.8, 4) is 11.5 Å². The van der Waals surface area contributed by atoms with Crippen LogP contribution in [0.5, 0.6) is 11.5 Å². The van der Waals surface area contributed by atoms with Gasteiger partial charge in [-0.2, -0.15) is 0 Å². The highest BCUT2D eigenvalue weighted by atomic mass is 16.5. The molecule has 30 heavy (non-hydrogen) atoms. The van der Waals surface area contributed by atoms with Crippen LogP contribution in [0.1, 0.15) is 41.5 Å². The number of rotatable bonds is 4. The zero-order chi connectivity index (χ0) is 20.3. The average Bonchev–Trinajstić information content (AvgIpc) is 2.82. The molecule has 0 aliphatic carbocycles. The van der Waals surface area contributed by atoms with Gasteiger partial charge in [-0.15, -0.1) is 0 Å². The van der Waals surface area contributed by atoms with Gasteiger partial charge in [0, 0.05) is 36.7 Å². The van der Waals surface area contributed by atoms with E-state index in [9.17, 15) is 4.79 Å². The van der Waals surface area contributed by atoms with Gasteiger partial charge < -0.3 is 14.8 Å². The lowest BCUT2D eigenvalue weighted by Gasteiger charge is -2.33. The van der Waals surface area contributed by atoms with E-state index in [0.29, 0.717) is 5.92 Å². The maximum absolute atomic E-state index is 13.7. The minimum atomic E-state index is -0.412. The highest BCUT2D eigenvalue weighted by Crippen LogP contribution is 2.44. The van der Waals surface area contributed by atoms with Gasteiger partial charge >= 0.3 is 0 Å². The van der Waals surface area contributed by atoms with Crippen molar-refractivity contribution in [2.45, 2.75) is 24.8 Å². The lowest BCUT2D eigenvalue weighted by molar-refractivity contribution is -0.123. The topological polar surface area (TPSA) is 60.5 Å². The molecule has 2 aliphatic heterocycles. The van der Waals surface area contributed by atoms with E-state index in [-0.39, 0.29) is 11.9 Å². The molecule has 2 aliphatic rings. The third kappa shape index (κ3) is 3.57. The lowest BCUT2D eigenvalue weighted by Crippen LogP contribution is -2.39. The van der Waals surface area contributed by atoms with Gasteiger partial charge in [-0.05, 0) is 42.5 Å². The molecule has 3 heterocycles. The molecular weight excluding hydrogens is 376 g/mol. The number of ether oxygens (including phenoxy) is 2. The highest BCUT2D eigenvalue weighted by molar-refractivity contribution is 5.90. The molecule has 5 heteroatoms. The molecule has 5 nitrogen and oxygen atoms in total. The van der Waals surface area contributed by atoms with Crippen molar-refractivity contribution >= 4 is 5.91 Å². The third-order valence-corrected chi connectivity index (χ3v) is 6.02. The Morgan fingerprint density at radius 1 is 0.933 bits per heavy atom. The van der Waals surface area contributed by atoms with Gasteiger partial charge in [0.2, 0.25) is 5.91 Å². The number of nitrogens with one attached hydrogen (secondary N) is 1. The SMILES string of the molecule is O=C(NC(c1cccnc1)C1CCOCC1)C1c2ccccc2Oc2ccccc21. The number of para-hydroxylation sites is 2. The van der Waals surface area contributed by atoms with E-state index < -0.39 is 5.92 Å². The first-order valence-corrected chi connectivity index (χ1v) is 10.4. The number of fused-ring (bicyclic) bond motifs is 2. The number of hydrogen-bond donors (Lipinski definition) is 1. The Labute approximate surface area is 176 Å². The number of nitrogens with zero attached hydrogens (tertiary/aromatic N) is 1. The van der Waals surface area contributed by atoms with Crippen molar-refractivity contribution in [3.63, 3.8) is 0 Å². The fraction of sp³-hybridized carbons (Fsp3) is 0.280. The van der Waals surface area contributed by atoms with Crippen molar-refractivity contribution in [1.82, 2.24) is 10.3 Å². The van der Waals surface area contributed by atoms with Crippen LogP contribution < -0.4 is 10.1 Å². The van der Waals surface area contributed by atoms with Crippen molar-refractivity contribution in [3.05, 3.63) is 89.7 Å². The third-order valence-electron chi connectivity index (χ3n) is 6.02. The van der Waals surface area contributed by atoms with Gasteiger partial charge in [0.15, 0.2) is 0 Å². The Morgan fingerprint density at radius 3 is 2.23 bits per heavy atom. The Morgan fingerprint density at radius 2 is 1.60 bits per heavy atom. The van der Waals surface area contributed by atoms with E-state index in [1.807, 2.05) is 66.9 Å². The summed E-state index contributed by atoms with van der Waals surface area (Å²) in [7, 11) is 0. The van der Waals surface area contributed by atoms with Crippen LogP contribution in [-0.4, -0.2) is 24.1 Å². The molecule has 0 radical (unpaired) electrons. The Bertz CT molecular complexity index is 986. The second-order valence-corrected chi connectivity index (χ2v) is 7.83. The van der Waals surface area contributed by atoms with Crippen molar-refractivity contribution in [1.29, 1.82) is 0 Å². The van der Waals surface area contributed by atoms with Crippen LogP contribution in [0.25, 0.3) is 0 Å². The van der Waals surface area contributed by atoms with Crippen molar-refractivity contribution < 1.29 is 14.3 Å². The van der Waals surface area contributed by atoms with Gasteiger partial charge in [0.05, 0.1) is 12.0 Å². The van der Waals surface area contributed by atoms with E-state index in [2.05, 4.69) is 10.3 Å². The van der Waals surface area contributed by atoms with Crippen LogP contribution in [-0.2, 0) is 9.53 Å². The Hall–Kier alpha value is -3.18. The molecule has 1 atom stereocenters. The monoisotopic (exact) mass is 400 g/mol. The van der Waals surface area contributed by atoms with E-state index in [1.54, 1.807) is 6.20 Å². The Balaban J connectivity index is 1.50. The second-order valence-electron chi connectivity index (χ2n) is 7.83. The summed E-state index contributed by atoms with van der Waals surface area (Å²) in [5.41, 5.74) is 2.82. The van der Waals surface area contributed by atoms with Crippen LogP contribution in [0.2, 0.25) is 0 Å². The number of carbonyl (C=O) groups is 1. The summed E-state index contributed by atoms with van der Waals surface area (Å²) in [6, 6.07) is 19.4. The molecule has 3 aromatic rings. The molecule has 0 bridgehead atoms. The largest absolute Gasteiger partial charge is 0.457 e. The Kier molecular flexibility index (Phi) is 5.20. The number of hydrogen-bond acceptors (Lipinski definition) is 4. The van der Waals surface area contributed by atoms with E-state index in [0.717, 1.165) is 54.2 Å². The minimum absolute atomic E-state index is 0.0152. The van der Waals surface area contributed by atoms with Gasteiger partial charge in [0.25, 0.3) is 0 Å². The van der Waals surface area contributed by atoms with Crippen molar-refractivity contribution in [2.75, 3.05) is 13.2 Å². The zero-order valence-corrected chi connectivity index (χ0v) is 16.7. The van der Waals surface area contributed by atoms with Gasteiger partial charge in [-0.3, -0.25) is 9.78 Å². The number of benzene rings is 2. The summed E-state index contributed by atoms with van der Waals surface area (Å²) < 4.78 is 11.6. The normalized spacial score (nSPS) is 17.3. The first-order valence-electron chi connectivity index (χ1n) is 10.4. The molecule has 5 rings (SSSR count). The lowest BCUT2D eigenvalue weighted by atomic mass is 9.84. The van der Waals surface area contributed by atoms with Gasteiger partial charge in [-0.25, -0.2) is 0 Å². The average molecular weight is 400 g/mol. The maximum atomic E-state index is 13.7. The molecule has 1 fully saturated rings. The number of aromatic nitrogens is 1. The number of amides is 1. The highest BCUT2D eigenvalue weighted by Gasteiger charge is 2.35. The zero-order valence-electron chi connectivity index (χ0n) is 16.7. The first kappa shape index (κ1) is 18.8. The standard InChI is InChI=1S/C25H24N2O3/c28-25(27-24(17-11-14-29-15-12-17)18-6-5-13-26-16-18)23-19-7-1-3-9-21(19)30-22-10-4-2-8-20(22)23/h1-10,13,16-17,23-24H,11-12,14-15H2,(H,27,28). The predicted molar refractivity (Wildman–Crippen MR) is 113 cm³/mol. The molecule has 1 unspecified atom stereocenters. The van der Waals surface area contributed by atoms with Crippen LogP contribution in [0, 0.1) is 5.92 Å². The molecule has 2 aromatic carbocycles. The van der Waals surface area contributed by atoms with Crippen LogP contribution >= 0.6 is 0 Å². The van der Waals surface area contributed by atoms with Crippen LogP contribution in [0.15, 0.2) is 73.1 Å². The molecular formula is C25H24N2O3. The quantitative estimate of drug-likeness (QED) is 0.695. The molecule has 1 aromatic heterocycles. The summed E-state index contributed by atoms with van der Waals surface area (Å²) >= 11 is 0. The molecule has 0 saturated carbocycles. The molecule has 1 N–H and O–H groups in total. The number of pyridine rings is 1. The summed E-state index contributed by atoms with van der Waals surface area (Å²) in [6.45, 7) is 1.44. The molecule has 1 amide bonds. The summed E-state index contributed by atoms with van der Waals surface area (Å²) in [5.74, 6) is 1.36. The van der Waals surface area contributed by atoms with Gasteiger partial charge in [0.1, 0.15) is 11.5 Å². The molecule has 1 saturated heterocycles. The van der Waals surface area contributed by atoms with Crippen LogP contribution in [0.4, 0.5) is 0 Å². The minimum Gasteiger partial charge on any atom is -0.457 e. The summed E-state index contributed by atoms with van der Waals surface area (Å²) in [5, 5.41) is 3.36. The maximum Gasteiger partial charge on any atom is 0.232 e. The summed E-state index contributed by atoms with van der Waals surface area (Å²) in [6.07, 6.45) is 5.45. The first-order chi connectivity index (χ1) is 14.8. The molecule has 0 spiro atoms. The van der Waals surface area contributed by atoms with E-state index in [1.165, 1.54) is 0 Å². The smallest absolute Gasteiger partial charge is 0.232 e.